The Kier molecular flexibility index (Phi) is 9.11. The van der Waals surface area contributed by atoms with Crippen molar-refractivity contribution in [3.05, 3.63) is 35.4 Å². The standard InChI is InChI=1S/C12H10F6O2.4FH/c13-11(14,15)10(20,12(16,17)18)9-7-4-2-1-3-6(7)5-8(9)19;;;;/h1-4,8-9,19-20H,5H2;4*1H. The zero-order valence-electron chi connectivity index (χ0n) is 11.5. The summed E-state index contributed by atoms with van der Waals surface area (Å²) in [5, 5.41) is 19.0. The third kappa shape index (κ3) is 3.74. The van der Waals surface area contributed by atoms with Gasteiger partial charge in [-0.05, 0) is 17.5 Å². The van der Waals surface area contributed by atoms with Crippen molar-refractivity contribution in [2.24, 2.45) is 0 Å². The average Bonchev–Trinajstić information content (AvgIpc) is 2.61. The van der Waals surface area contributed by atoms with Crippen molar-refractivity contribution in [1.82, 2.24) is 0 Å². The molecular weight excluding hydrogens is 366 g/mol. The maximum atomic E-state index is 12.8. The predicted molar refractivity (Wildman–Crippen MR) is 66.0 cm³/mol. The van der Waals surface area contributed by atoms with Crippen LogP contribution >= 0.6 is 0 Å². The highest BCUT2D eigenvalue weighted by molar-refractivity contribution is 5.40. The Balaban J connectivity index is -0.00000110. The van der Waals surface area contributed by atoms with Crippen LogP contribution in [-0.2, 0) is 6.42 Å². The van der Waals surface area contributed by atoms with Gasteiger partial charge in [0.25, 0.3) is 5.60 Å². The summed E-state index contributed by atoms with van der Waals surface area (Å²) < 4.78 is 77.0. The quantitative estimate of drug-likeness (QED) is 0.735. The highest BCUT2D eigenvalue weighted by Crippen LogP contribution is 2.55. The summed E-state index contributed by atoms with van der Waals surface area (Å²) >= 11 is 0. The molecule has 1 aliphatic carbocycles. The van der Waals surface area contributed by atoms with Crippen molar-refractivity contribution in [1.29, 1.82) is 0 Å². The van der Waals surface area contributed by atoms with E-state index < -0.39 is 30.0 Å². The van der Waals surface area contributed by atoms with Gasteiger partial charge < -0.3 is 10.2 Å². The summed E-state index contributed by atoms with van der Waals surface area (Å²) in [4.78, 5) is 0. The molecule has 2 atom stereocenters. The zero-order chi connectivity index (χ0) is 15.3. The predicted octanol–water partition coefficient (Wildman–Crippen LogP) is 3.15. The second-order valence-corrected chi connectivity index (χ2v) is 4.71. The van der Waals surface area contributed by atoms with Crippen LogP contribution < -0.4 is 0 Å². The molecule has 0 bridgehead atoms. The van der Waals surface area contributed by atoms with Gasteiger partial charge in [0.2, 0.25) is 0 Å². The van der Waals surface area contributed by atoms with Crippen LogP contribution in [0.4, 0.5) is 45.2 Å². The van der Waals surface area contributed by atoms with Crippen LogP contribution in [0, 0.1) is 0 Å². The molecule has 144 valence electrons. The number of hydrogen-bond acceptors (Lipinski definition) is 2. The average molecular weight is 380 g/mol. The van der Waals surface area contributed by atoms with Gasteiger partial charge in [-0.1, -0.05) is 24.3 Å². The van der Waals surface area contributed by atoms with E-state index in [0.29, 0.717) is 0 Å². The fourth-order valence-electron chi connectivity index (χ4n) is 2.59. The molecule has 0 fully saturated rings. The van der Waals surface area contributed by atoms with Crippen LogP contribution in [-0.4, -0.2) is 34.3 Å². The van der Waals surface area contributed by atoms with E-state index >= 15 is 0 Å². The molecule has 0 radical (unpaired) electrons. The Morgan fingerprint density at radius 1 is 0.833 bits per heavy atom. The van der Waals surface area contributed by atoms with E-state index in [-0.39, 0.29) is 36.4 Å². The lowest BCUT2D eigenvalue weighted by Crippen LogP contribution is -2.62. The first-order chi connectivity index (χ1) is 9.00. The summed E-state index contributed by atoms with van der Waals surface area (Å²) in [7, 11) is 0. The van der Waals surface area contributed by atoms with Gasteiger partial charge in [-0.25, -0.2) is 0 Å². The molecular formula is C12H14F10O2. The minimum atomic E-state index is -5.95. The number of aliphatic hydroxyl groups excluding tert-OH is 1. The number of fused-ring (bicyclic) bond motifs is 1. The van der Waals surface area contributed by atoms with Gasteiger partial charge >= 0.3 is 12.4 Å². The third-order valence-electron chi connectivity index (χ3n) is 3.52. The van der Waals surface area contributed by atoms with E-state index in [1.165, 1.54) is 18.2 Å². The Bertz CT molecular complexity index is 499. The number of alkyl halides is 6. The van der Waals surface area contributed by atoms with Gasteiger partial charge in [-0.3, -0.25) is 18.8 Å². The van der Waals surface area contributed by atoms with Crippen molar-refractivity contribution in [2.45, 2.75) is 36.4 Å². The Morgan fingerprint density at radius 3 is 1.67 bits per heavy atom. The summed E-state index contributed by atoms with van der Waals surface area (Å²) in [6.07, 6.45) is -14.2. The third-order valence-corrected chi connectivity index (χ3v) is 3.52. The summed E-state index contributed by atoms with van der Waals surface area (Å²) in [6.45, 7) is 0. The second-order valence-electron chi connectivity index (χ2n) is 4.71. The van der Waals surface area contributed by atoms with Crippen LogP contribution in [0.1, 0.15) is 17.0 Å². The van der Waals surface area contributed by atoms with E-state index in [2.05, 4.69) is 0 Å². The van der Waals surface area contributed by atoms with Crippen molar-refractivity contribution < 1.29 is 55.4 Å². The molecule has 0 amide bonds. The summed E-state index contributed by atoms with van der Waals surface area (Å²) in [5.74, 6) is -2.49. The van der Waals surface area contributed by atoms with Crippen LogP contribution in [0.3, 0.4) is 0 Å². The molecule has 0 spiro atoms. The zero-order valence-corrected chi connectivity index (χ0v) is 11.5. The van der Waals surface area contributed by atoms with Gasteiger partial charge in [0.15, 0.2) is 0 Å². The first kappa shape index (κ1) is 27.3. The molecule has 2 nitrogen and oxygen atoms in total. The molecule has 0 heterocycles. The van der Waals surface area contributed by atoms with E-state index in [4.69, 9.17) is 0 Å². The SMILES string of the molecule is F.F.F.F.OC1Cc2ccccc2C1C(O)(C(F)(F)F)C(F)(F)F. The fourth-order valence-corrected chi connectivity index (χ4v) is 2.59. The number of aliphatic hydroxyl groups is 2. The smallest absolute Gasteiger partial charge is 0.392 e. The molecule has 0 aliphatic heterocycles. The first-order valence-electron chi connectivity index (χ1n) is 5.62. The molecule has 24 heavy (non-hydrogen) atoms. The fraction of sp³-hybridized carbons (Fsp3) is 0.500. The van der Waals surface area contributed by atoms with E-state index in [1.807, 2.05) is 0 Å². The topological polar surface area (TPSA) is 40.5 Å². The minimum absolute atomic E-state index is 0. The molecule has 0 aromatic heterocycles. The monoisotopic (exact) mass is 380 g/mol. The Hall–Kier alpha value is -1.56. The number of rotatable bonds is 1. The normalized spacial score (nSPS) is 19.8. The van der Waals surface area contributed by atoms with Crippen LogP contribution in [0.25, 0.3) is 0 Å². The minimum Gasteiger partial charge on any atom is -0.392 e. The first-order valence-corrected chi connectivity index (χ1v) is 5.62. The van der Waals surface area contributed by atoms with Crippen LogP contribution in [0.2, 0.25) is 0 Å². The van der Waals surface area contributed by atoms with Crippen molar-refractivity contribution >= 4 is 0 Å². The summed E-state index contributed by atoms with van der Waals surface area (Å²) in [5.41, 5.74) is -5.15. The molecule has 2 unspecified atom stereocenters. The lowest BCUT2D eigenvalue weighted by atomic mass is 9.80. The van der Waals surface area contributed by atoms with Gasteiger partial charge in [0.05, 0.1) is 12.0 Å². The van der Waals surface area contributed by atoms with Gasteiger partial charge in [-0.2, -0.15) is 26.3 Å². The molecule has 2 rings (SSSR count). The molecule has 12 heteroatoms. The van der Waals surface area contributed by atoms with Crippen molar-refractivity contribution in [2.75, 3.05) is 0 Å². The number of hydrogen-bond donors (Lipinski definition) is 2. The number of benzene rings is 1. The maximum Gasteiger partial charge on any atom is 0.426 e. The molecule has 0 saturated heterocycles. The second kappa shape index (κ2) is 8.01. The van der Waals surface area contributed by atoms with E-state index in [1.54, 1.807) is 0 Å². The molecule has 1 aromatic rings. The maximum absolute atomic E-state index is 12.8. The lowest BCUT2D eigenvalue weighted by Gasteiger charge is -2.38. The summed E-state index contributed by atoms with van der Waals surface area (Å²) in [6, 6.07) is 5.08. The Labute approximate surface area is 128 Å². The van der Waals surface area contributed by atoms with Crippen LogP contribution in [0.15, 0.2) is 24.3 Å². The van der Waals surface area contributed by atoms with Crippen LogP contribution in [0.5, 0.6) is 0 Å². The molecule has 2 N–H and O–H groups in total. The molecule has 0 saturated carbocycles. The van der Waals surface area contributed by atoms with Gasteiger partial charge in [-0.15, -0.1) is 0 Å². The lowest BCUT2D eigenvalue weighted by molar-refractivity contribution is -0.379. The van der Waals surface area contributed by atoms with Gasteiger partial charge in [0.1, 0.15) is 0 Å². The highest BCUT2D eigenvalue weighted by Gasteiger charge is 2.75. The van der Waals surface area contributed by atoms with Crippen molar-refractivity contribution in [3.8, 4) is 0 Å². The highest BCUT2D eigenvalue weighted by atomic mass is 19.4. The Morgan fingerprint density at radius 2 is 1.25 bits per heavy atom. The van der Waals surface area contributed by atoms with E-state index in [9.17, 15) is 36.6 Å². The number of halogens is 10. The van der Waals surface area contributed by atoms with Gasteiger partial charge in [0, 0.05) is 0 Å². The largest absolute Gasteiger partial charge is 0.426 e. The molecule has 1 aliphatic rings. The van der Waals surface area contributed by atoms with E-state index in [0.717, 1.165) is 6.07 Å². The molecule has 1 aromatic carbocycles. The van der Waals surface area contributed by atoms with Crippen molar-refractivity contribution in [3.63, 3.8) is 0 Å².